The molecular weight excluding hydrogens is 438 g/mol. The van der Waals surface area contributed by atoms with Crippen LogP contribution in [0.1, 0.15) is 66.2 Å². The van der Waals surface area contributed by atoms with Crippen molar-refractivity contribution in [3.05, 3.63) is 63.3 Å². The van der Waals surface area contributed by atoms with E-state index in [4.69, 9.17) is 4.21 Å². The fourth-order valence-corrected chi connectivity index (χ4v) is 11.4. The predicted molar refractivity (Wildman–Crippen MR) is 102 cm³/mol. The number of halogens is 2. The Hall–Kier alpha value is -0.227. The summed E-state index contributed by atoms with van der Waals surface area (Å²) in [5.74, 6) is 0. The second-order valence-electron chi connectivity index (χ2n) is 7.94. The number of hydrogen-bond acceptors (Lipinski definition) is 0. The molecule has 0 atom stereocenters. The molecule has 0 spiro atoms. The van der Waals surface area contributed by atoms with Crippen molar-refractivity contribution < 1.29 is 46.1 Å². The van der Waals surface area contributed by atoms with Gasteiger partial charge in [0, 0.05) is 0 Å². The van der Waals surface area contributed by atoms with Crippen molar-refractivity contribution in [2.75, 3.05) is 0 Å². The van der Waals surface area contributed by atoms with E-state index in [1.165, 1.54) is 49.7 Å². The maximum atomic E-state index is 4.89. The van der Waals surface area contributed by atoms with Crippen molar-refractivity contribution >= 4 is 4.21 Å². The topological polar surface area (TPSA) is 0 Å². The van der Waals surface area contributed by atoms with Gasteiger partial charge in [0.05, 0.1) is 0 Å². The summed E-state index contributed by atoms with van der Waals surface area (Å²) in [5.41, 5.74) is 12.8. The summed E-state index contributed by atoms with van der Waals surface area (Å²) in [6, 6.07) is 0. The van der Waals surface area contributed by atoms with Gasteiger partial charge in [-0.25, -0.2) is 0 Å². The summed E-state index contributed by atoms with van der Waals surface area (Å²) < 4.78 is 8.34. The van der Waals surface area contributed by atoms with Crippen molar-refractivity contribution in [3.63, 3.8) is 0 Å². The Bertz CT molecular complexity index is 787. The zero-order chi connectivity index (χ0) is 17.0. The van der Waals surface area contributed by atoms with Gasteiger partial charge in [-0.3, -0.25) is 0 Å². The molecule has 0 amide bonds. The first kappa shape index (κ1) is 22.1. The number of fused-ring (bicyclic) bond motifs is 2. The first-order valence-corrected chi connectivity index (χ1v) is 13.6. The SMILES string of the molecule is [CH2]=[Zr+2]([C]1=C2CCCC(C)=C2C=C1C)[C]1=C2CCCC(C)=C2C=C1C.[Cl-].[Cl-]. The Kier molecular flexibility index (Phi) is 7.15. The largest absolute Gasteiger partial charge is 1.00 e. The molecule has 0 aromatic heterocycles. The van der Waals surface area contributed by atoms with E-state index in [1.807, 2.05) is 0 Å². The third-order valence-corrected chi connectivity index (χ3v) is 12.6. The molecule has 0 saturated carbocycles. The minimum absolute atomic E-state index is 0. The minimum Gasteiger partial charge on any atom is -1.00 e. The molecule has 4 rings (SSSR count). The van der Waals surface area contributed by atoms with Gasteiger partial charge in [0.2, 0.25) is 0 Å². The monoisotopic (exact) mass is 464 g/mol. The molecule has 0 aliphatic heterocycles. The molecule has 0 aromatic carbocycles. The van der Waals surface area contributed by atoms with E-state index in [-0.39, 0.29) is 24.8 Å². The molecule has 0 N–H and O–H groups in total. The van der Waals surface area contributed by atoms with Crippen LogP contribution in [0.2, 0.25) is 0 Å². The molecule has 0 heterocycles. The molecule has 0 fully saturated rings. The molecule has 26 heavy (non-hydrogen) atoms. The number of allylic oxidation sites excluding steroid dienone is 12. The van der Waals surface area contributed by atoms with E-state index in [9.17, 15) is 0 Å². The fraction of sp³-hybridized carbons (Fsp3) is 0.435. The molecule has 0 saturated heterocycles. The van der Waals surface area contributed by atoms with Crippen LogP contribution in [0.4, 0.5) is 0 Å². The second-order valence-corrected chi connectivity index (χ2v) is 12.7. The van der Waals surface area contributed by atoms with E-state index in [1.54, 1.807) is 40.0 Å². The van der Waals surface area contributed by atoms with Gasteiger partial charge in [-0.15, -0.1) is 0 Å². The quantitative estimate of drug-likeness (QED) is 0.555. The van der Waals surface area contributed by atoms with Crippen molar-refractivity contribution in [3.8, 4) is 0 Å². The molecule has 0 unspecified atom stereocenters. The fourth-order valence-electron chi connectivity index (χ4n) is 5.07. The van der Waals surface area contributed by atoms with E-state index < -0.39 is 21.3 Å². The van der Waals surface area contributed by atoms with Gasteiger partial charge in [0.25, 0.3) is 0 Å². The van der Waals surface area contributed by atoms with Crippen LogP contribution in [-0.2, 0) is 21.3 Å². The Balaban J connectivity index is 0.00000121. The standard InChI is InChI=1S/2C11H13.CH2.2ClH.Zr/c2*1-8-6-10-5-3-4-9(2)11(10)7-8;;;;/h2*7H,3-5H2,1-2H3;1H2;2*1H;/q;;;;;+2/p-2. The van der Waals surface area contributed by atoms with Crippen LogP contribution in [0.5, 0.6) is 0 Å². The first-order chi connectivity index (χ1) is 11.5. The number of hydrogen-bond donors (Lipinski definition) is 0. The molecule has 0 radical (unpaired) electrons. The summed E-state index contributed by atoms with van der Waals surface area (Å²) in [6.07, 6.45) is 12.7. The van der Waals surface area contributed by atoms with E-state index >= 15 is 0 Å². The predicted octanol–water partition coefficient (Wildman–Crippen LogP) is 0.473. The van der Waals surface area contributed by atoms with Crippen LogP contribution >= 0.6 is 0 Å². The van der Waals surface area contributed by atoms with Crippen LogP contribution in [0.25, 0.3) is 0 Å². The van der Waals surface area contributed by atoms with Gasteiger partial charge in [-0.1, -0.05) is 0 Å². The molecule has 0 aromatic rings. The summed E-state index contributed by atoms with van der Waals surface area (Å²) in [6.45, 7) is 9.35. The zero-order valence-corrected chi connectivity index (χ0v) is 20.3. The van der Waals surface area contributed by atoms with Gasteiger partial charge < -0.3 is 24.8 Å². The minimum atomic E-state index is -2.05. The molecule has 0 bridgehead atoms. The zero-order valence-electron chi connectivity index (χ0n) is 16.4. The van der Waals surface area contributed by atoms with Crippen LogP contribution in [-0.4, -0.2) is 4.21 Å². The molecule has 138 valence electrons. The van der Waals surface area contributed by atoms with Crippen molar-refractivity contribution in [2.24, 2.45) is 0 Å². The van der Waals surface area contributed by atoms with Crippen molar-refractivity contribution in [1.82, 2.24) is 0 Å². The van der Waals surface area contributed by atoms with Crippen LogP contribution in [0.3, 0.4) is 0 Å². The average Bonchev–Trinajstić information content (AvgIpc) is 3.05. The third-order valence-electron chi connectivity index (χ3n) is 6.24. The molecular formula is C23H28Cl2Zr. The van der Waals surface area contributed by atoms with Crippen LogP contribution in [0, 0.1) is 0 Å². The maximum absolute atomic E-state index is 4.89. The van der Waals surface area contributed by atoms with Gasteiger partial charge in [-0.2, -0.15) is 0 Å². The Morgan fingerprint density at radius 2 is 1.08 bits per heavy atom. The summed E-state index contributed by atoms with van der Waals surface area (Å²) in [5, 5.41) is 0. The molecule has 4 aliphatic carbocycles. The van der Waals surface area contributed by atoms with E-state index in [0.717, 1.165) is 0 Å². The third kappa shape index (κ3) is 3.45. The van der Waals surface area contributed by atoms with Crippen molar-refractivity contribution in [1.29, 1.82) is 0 Å². The average molecular weight is 467 g/mol. The van der Waals surface area contributed by atoms with Crippen LogP contribution < -0.4 is 24.8 Å². The van der Waals surface area contributed by atoms with E-state index in [2.05, 4.69) is 39.8 Å². The van der Waals surface area contributed by atoms with Gasteiger partial charge in [-0.05, 0) is 0 Å². The van der Waals surface area contributed by atoms with Crippen LogP contribution in [0.15, 0.2) is 63.3 Å². The summed E-state index contributed by atoms with van der Waals surface area (Å²) >= 11 is -2.05. The van der Waals surface area contributed by atoms with Gasteiger partial charge in [0.1, 0.15) is 0 Å². The van der Waals surface area contributed by atoms with Gasteiger partial charge >= 0.3 is 155 Å². The maximum Gasteiger partial charge on any atom is -1.00 e. The Morgan fingerprint density at radius 1 is 0.692 bits per heavy atom. The number of rotatable bonds is 2. The Labute approximate surface area is 178 Å². The Morgan fingerprint density at radius 3 is 1.46 bits per heavy atom. The summed E-state index contributed by atoms with van der Waals surface area (Å²) in [7, 11) is 0. The normalized spacial score (nSPS) is 21.5. The van der Waals surface area contributed by atoms with E-state index in [0.29, 0.717) is 0 Å². The second kappa shape index (κ2) is 8.42. The molecule has 0 nitrogen and oxygen atoms in total. The summed E-state index contributed by atoms with van der Waals surface area (Å²) in [4.78, 5) is 0. The first-order valence-electron chi connectivity index (χ1n) is 9.42. The van der Waals surface area contributed by atoms with Crippen molar-refractivity contribution in [2.45, 2.75) is 66.2 Å². The van der Waals surface area contributed by atoms with Gasteiger partial charge in [0.15, 0.2) is 0 Å². The molecule has 3 heteroatoms. The molecule has 4 aliphatic rings. The smallest absolute Gasteiger partial charge is 1.00 e.